The van der Waals surface area contributed by atoms with Crippen LogP contribution in [-0.2, 0) is 17.7 Å². The lowest BCUT2D eigenvalue weighted by molar-refractivity contribution is 0.122. The van der Waals surface area contributed by atoms with Crippen LogP contribution in [0.15, 0.2) is 60.8 Å². The van der Waals surface area contributed by atoms with Crippen molar-refractivity contribution in [3.8, 4) is 28.6 Å². The first-order valence-electron chi connectivity index (χ1n) is 13.6. The van der Waals surface area contributed by atoms with E-state index in [0.29, 0.717) is 6.54 Å². The molecule has 202 valence electrons. The first-order chi connectivity index (χ1) is 19.1. The van der Waals surface area contributed by atoms with Crippen LogP contribution in [0.4, 0.5) is 11.5 Å². The Balaban J connectivity index is 1.41. The second kappa shape index (κ2) is 11.0. The van der Waals surface area contributed by atoms with Crippen LogP contribution in [0.1, 0.15) is 23.1 Å². The van der Waals surface area contributed by atoms with Gasteiger partial charge in [0, 0.05) is 55.3 Å². The largest absolute Gasteiger partial charge is 0.497 e. The van der Waals surface area contributed by atoms with Gasteiger partial charge in [-0.25, -0.2) is 9.67 Å². The molecule has 6 rings (SSSR count). The van der Waals surface area contributed by atoms with Gasteiger partial charge in [-0.15, -0.1) is 0 Å². The van der Waals surface area contributed by atoms with E-state index in [-0.39, 0.29) is 0 Å². The average Bonchev–Trinajstić information content (AvgIpc) is 3.48. The third-order valence-corrected chi connectivity index (χ3v) is 7.56. The van der Waals surface area contributed by atoms with E-state index in [9.17, 15) is 0 Å². The maximum Gasteiger partial charge on any atom is 0.134 e. The number of hydrogen-bond acceptors (Lipinski definition) is 7. The zero-order chi connectivity index (χ0) is 26.8. The lowest BCUT2D eigenvalue weighted by atomic mass is 10.00. The van der Waals surface area contributed by atoms with Crippen LogP contribution in [-0.4, -0.2) is 61.8 Å². The number of morpholine rings is 1. The highest BCUT2D eigenvalue weighted by Gasteiger charge is 2.27. The van der Waals surface area contributed by atoms with E-state index in [4.69, 9.17) is 24.3 Å². The van der Waals surface area contributed by atoms with E-state index in [0.717, 1.165) is 85.6 Å². The molecule has 0 amide bonds. The van der Waals surface area contributed by atoms with Gasteiger partial charge in [0.2, 0.25) is 0 Å². The van der Waals surface area contributed by atoms with Crippen LogP contribution >= 0.6 is 0 Å². The summed E-state index contributed by atoms with van der Waals surface area (Å²) in [5.74, 6) is 2.64. The number of methoxy groups -OCH3 is 2. The minimum absolute atomic E-state index is 0.705. The molecule has 2 aliphatic heterocycles. The van der Waals surface area contributed by atoms with E-state index < -0.39 is 0 Å². The van der Waals surface area contributed by atoms with E-state index in [1.807, 2.05) is 23.0 Å². The third-order valence-electron chi connectivity index (χ3n) is 7.56. The number of anilines is 2. The SMILES string of the molecule is COc1ccc(CN2CCCc3c(N4CCOCC4)cc(-c4ccn(-c5cccc(C)c5)n4)nc32)c(OC)c1. The van der Waals surface area contributed by atoms with Gasteiger partial charge >= 0.3 is 0 Å². The molecular weight excluding hydrogens is 490 g/mol. The number of aryl methyl sites for hydroxylation is 1. The molecule has 4 aromatic rings. The van der Waals surface area contributed by atoms with Gasteiger partial charge in [-0.05, 0) is 61.7 Å². The number of ether oxygens (including phenoxy) is 3. The number of aromatic nitrogens is 3. The van der Waals surface area contributed by atoms with Crippen molar-refractivity contribution in [1.82, 2.24) is 14.8 Å². The highest BCUT2D eigenvalue weighted by atomic mass is 16.5. The Morgan fingerprint density at radius 2 is 1.79 bits per heavy atom. The number of nitrogens with zero attached hydrogens (tertiary/aromatic N) is 5. The van der Waals surface area contributed by atoms with Crippen LogP contribution in [0.25, 0.3) is 17.1 Å². The Hall–Kier alpha value is -4.04. The van der Waals surface area contributed by atoms with Crippen molar-refractivity contribution < 1.29 is 14.2 Å². The van der Waals surface area contributed by atoms with Gasteiger partial charge in [-0.3, -0.25) is 0 Å². The Morgan fingerprint density at radius 3 is 2.59 bits per heavy atom. The Morgan fingerprint density at radius 1 is 0.923 bits per heavy atom. The van der Waals surface area contributed by atoms with Crippen molar-refractivity contribution in [2.45, 2.75) is 26.3 Å². The summed E-state index contributed by atoms with van der Waals surface area (Å²) in [6.07, 6.45) is 4.09. The molecule has 2 aromatic carbocycles. The monoisotopic (exact) mass is 525 g/mol. The van der Waals surface area contributed by atoms with Gasteiger partial charge < -0.3 is 24.0 Å². The smallest absolute Gasteiger partial charge is 0.134 e. The first-order valence-corrected chi connectivity index (χ1v) is 13.6. The van der Waals surface area contributed by atoms with Gasteiger partial charge in [-0.1, -0.05) is 12.1 Å². The summed E-state index contributed by atoms with van der Waals surface area (Å²) in [6.45, 7) is 6.96. The van der Waals surface area contributed by atoms with E-state index in [1.54, 1.807) is 14.2 Å². The highest BCUT2D eigenvalue weighted by molar-refractivity contribution is 5.73. The molecule has 4 heterocycles. The van der Waals surface area contributed by atoms with Gasteiger partial charge in [0.05, 0.1) is 38.8 Å². The van der Waals surface area contributed by atoms with Crippen LogP contribution in [0.3, 0.4) is 0 Å². The van der Waals surface area contributed by atoms with Crippen LogP contribution in [0.5, 0.6) is 11.5 Å². The summed E-state index contributed by atoms with van der Waals surface area (Å²) in [5, 5.41) is 4.94. The molecule has 0 aliphatic carbocycles. The molecule has 1 fully saturated rings. The molecule has 8 nitrogen and oxygen atoms in total. The van der Waals surface area contributed by atoms with E-state index in [1.165, 1.54) is 16.8 Å². The Kier molecular flexibility index (Phi) is 7.11. The Bertz CT molecular complexity index is 1460. The zero-order valence-electron chi connectivity index (χ0n) is 22.9. The van der Waals surface area contributed by atoms with Crippen molar-refractivity contribution in [3.63, 3.8) is 0 Å². The lowest BCUT2D eigenvalue weighted by Gasteiger charge is -2.36. The molecule has 0 radical (unpaired) electrons. The quantitative estimate of drug-likeness (QED) is 0.335. The van der Waals surface area contributed by atoms with Crippen LogP contribution in [0, 0.1) is 6.92 Å². The number of pyridine rings is 1. The molecule has 0 bridgehead atoms. The maximum atomic E-state index is 5.72. The van der Waals surface area contributed by atoms with Crippen LogP contribution < -0.4 is 19.3 Å². The van der Waals surface area contributed by atoms with Crippen molar-refractivity contribution in [2.75, 3.05) is 56.9 Å². The molecule has 39 heavy (non-hydrogen) atoms. The molecule has 8 heteroatoms. The number of fused-ring (bicyclic) bond motifs is 1. The Labute approximate surface area is 229 Å². The van der Waals surface area contributed by atoms with Gasteiger partial charge in [-0.2, -0.15) is 5.10 Å². The summed E-state index contributed by atoms with van der Waals surface area (Å²) >= 11 is 0. The maximum absolute atomic E-state index is 5.72. The zero-order valence-corrected chi connectivity index (χ0v) is 22.9. The predicted molar refractivity (Wildman–Crippen MR) is 153 cm³/mol. The average molecular weight is 526 g/mol. The van der Waals surface area contributed by atoms with Crippen LogP contribution in [0.2, 0.25) is 0 Å². The van der Waals surface area contributed by atoms with Gasteiger partial charge in [0.25, 0.3) is 0 Å². The minimum atomic E-state index is 0.705. The molecule has 0 saturated carbocycles. The third kappa shape index (κ3) is 5.16. The molecule has 0 N–H and O–H groups in total. The fourth-order valence-corrected chi connectivity index (χ4v) is 5.53. The van der Waals surface area contributed by atoms with Crippen molar-refractivity contribution in [1.29, 1.82) is 0 Å². The van der Waals surface area contributed by atoms with Crippen molar-refractivity contribution >= 4 is 11.5 Å². The number of rotatable bonds is 7. The topological polar surface area (TPSA) is 64.9 Å². The fourth-order valence-electron chi connectivity index (χ4n) is 5.53. The highest BCUT2D eigenvalue weighted by Crippen LogP contribution is 2.38. The summed E-state index contributed by atoms with van der Waals surface area (Å²) in [4.78, 5) is 10.1. The minimum Gasteiger partial charge on any atom is -0.497 e. The predicted octanol–water partition coefficient (Wildman–Crippen LogP) is 5.05. The van der Waals surface area contributed by atoms with Crippen molar-refractivity contribution in [3.05, 3.63) is 77.5 Å². The fraction of sp³-hybridized carbons (Fsp3) is 0.355. The van der Waals surface area contributed by atoms with Gasteiger partial charge in [0.15, 0.2) is 0 Å². The van der Waals surface area contributed by atoms with E-state index >= 15 is 0 Å². The molecule has 0 unspecified atom stereocenters. The van der Waals surface area contributed by atoms with E-state index in [2.05, 4.69) is 59.2 Å². The second-order valence-electron chi connectivity index (χ2n) is 10.1. The summed E-state index contributed by atoms with van der Waals surface area (Å²) in [7, 11) is 3.38. The second-order valence-corrected chi connectivity index (χ2v) is 10.1. The normalized spacial score (nSPS) is 15.3. The number of benzene rings is 2. The standard InChI is InChI=1S/C31H35N5O3/c1-22-6-4-7-24(18-22)36-13-11-27(33-36)28-20-29(34-14-16-39-17-15-34)26-8-5-12-35(31(26)32-28)21-23-9-10-25(37-2)19-30(23)38-3/h4,6-7,9-11,13,18-20H,5,8,12,14-17,21H2,1-3H3. The molecule has 0 atom stereocenters. The summed E-state index contributed by atoms with van der Waals surface area (Å²) in [6, 6.07) is 18.7. The summed E-state index contributed by atoms with van der Waals surface area (Å²) in [5.41, 5.74) is 7.65. The lowest BCUT2D eigenvalue weighted by Crippen LogP contribution is -2.38. The molecule has 1 saturated heterocycles. The summed E-state index contributed by atoms with van der Waals surface area (Å²) < 4.78 is 18.7. The molecule has 2 aliphatic rings. The molecule has 0 spiro atoms. The van der Waals surface area contributed by atoms with Gasteiger partial charge in [0.1, 0.15) is 23.0 Å². The molecular formula is C31H35N5O3. The van der Waals surface area contributed by atoms with Crippen molar-refractivity contribution in [2.24, 2.45) is 0 Å². The first kappa shape index (κ1) is 25.2. The molecule has 2 aromatic heterocycles. The number of hydrogen-bond donors (Lipinski definition) is 0.